The third-order valence-corrected chi connectivity index (χ3v) is 2.67. The third-order valence-electron chi connectivity index (χ3n) is 2.67. The molecule has 6 nitrogen and oxygen atoms in total. The highest BCUT2D eigenvalue weighted by Gasteiger charge is 2.10. The molecule has 6 heteroatoms. The summed E-state index contributed by atoms with van der Waals surface area (Å²) in [6.45, 7) is 0.204. The Kier molecular flexibility index (Phi) is 3.82. The van der Waals surface area contributed by atoms with Crippen LogP contribution in [-0.4, -0.2) is 24.2 Å². The largest absolute Gasteiger partial charge is 0.497 e. The molecule has 2 aromatic rings. The third kappa shape index (κ3) is 2.74. The zero-order chi connectivity index (χ0) is 13.8. The first-order chi connectivity index (χ1) is 9.17. The standard InChI is InChI=1S/C13H15N3O3/c1-18-9-3-4-10(11(6-9)19-2)13-15-8(7-14)5-12(17)16-13/h3-6H,7,14H2,1-2H3,(H,15,16,17). The van der Waals surface area contributed by atoms with Crippen molar-refractivity contribution in [3.05, 3.63) is 40.3 Å². The molecule has 0 spiro atoms. The Bertz CT molecular complexity index is 637. The Morgan fingerprint density at radius 2 is 2.05 bits per heavy atom. The molecule has 1 aromatic heterocycles. The van der Waals surface area contributed by atoms with Gasteiger partial charge in [-0.15, -0.1) is 0 Å². The monoisotopic (exact) mass is 261 g/mol. The molecule has 0 amide bonds. The molecule has 100 valence electrons. The second kappa shape index (κ2) is 5.53. The predicted octanol–water partition coefficient (Wildman–Crippen LogP) is 0.913. The van der Waals surface area contributed by atoms with Crippen LogP contribution in [0.5, 0.6) is 11.5 Å². The normalized spacial score (nSPS) is 10.3. The molecular weight excluding hydrogens is 246 g/mol. The molecule has 0 atom stereocenters. The summed E-state index contributed by atoms with van der Waals surface area (Å²) >= 11 is 0. The Morgan fingerprint density at radius 3 is 2.68 bits per heavy atom. The van der Waals surface area contributed by atoms with Crippen molar-refractivity contribution in [3.63, 3.8) is 0 Å². The Hall–Kier alpha value is -2.34. The molecule has 0 unspecified atom stereocenters. The van der Waals surface area contributed by atoms with Crippen molar-refractivity contribution in [1.29, 1.82) is 0 Å². The van der Waals surface area contributed by atoms with Gasteiger partial charge in [0.15, 0.2) is 0 Å². The Labute approximate surface area is 110 Å². The van der Waals surface area contributed by atoms with Gasteiger partial charge in [0.25, 0.3) is 5.56 Å². The van der Waals surface area contributed by atoms with Crippen LogP contribution in [-0.2, 0) is 6.54 Å². The van der Waals surface area contributed by atoms with Gasteiger partial charge in [0, 0.05) is 18.7 Å². The highest BCUT2D eigenvalue weighted by Crippen LogP contribution is 2.30. The van der Waals surface area contributed by atoms with E-state index in [1.807, 2.05) is 0 Å². The molecule has 0 aliphatic carbocycles. The number of hydrogen-bond donors (Lipinski definition) is 2. The average molecular weight is 261 g/mol. The maximum absolute atomic E-state index is 11.5. The number of benzene rings is 1. The van der Waals surface area contributed by atoms with Crippen LogP contribution >= 0.6 is 0 Å². The highest BCUT2D eigenvalue weighted by atomic mass is 16.5. The molecule has 0 bridgehead atoms. The first kappa shape index (κ1) is 13.1. The van der Waals surface area contributed by atoms with Gasteiger partial charge in [-0.1, -0.05) is 0 Å². The van der Waals surface area contributed by atoms with E-state index < -0.39 is 0 Å². The number of nitrogens with two attached hydrogens (primary N) is 1. The lowest BCUT2D eigenvalue weighted by Crippen LogP contribution is -2.13. The zero-order valence-electron chi connectivity index (χ0n) is 10.8. The molecule has 0 fully saturated rings. The maximum Gasteiger partial charge on any atom is 0.251 e. The van der Waals surface area contributed by atoms with Crippen molar-refractivity contribution in [3.8, 4) is 22.9 Å². The lowest BCUT2D eigenvalue weighted by Gasteiger charge is -2.10. The minimum Gasteiger partial charge on any atom is -0.497 e. The van der Waals surface area contributed by atoms with Gasteiger partial charge in [0.05, 0.1) is 25.5 Å². The number of ether oxygens (including phenoxy) is 2. The van der Waals surface area contributed by atoms with Crippen LogP contribution < -0.4 is 20.8 Å². The SMILES string of the molecule is COc1ccc(-c2nc(CN)cc(=O)[nH]2)c(OC)c1. The molecule has 0 saturated carbocycles. The van der Waals surface area contributed by atoms with Crippen molar-refractivity contribution in [2.45, 2.75) is 6.54 Å². The molecule has 0 aliphatic rings. The van der Waals surface area contributed by atoms with Gasteiger partial charge in [-0.25, -0.2) is 4.98 Å². The van der Waals surface area contributed by atoms with E-state index in [0.717, 1.165) is 0 Å². The van der Waals surface area contributed by atoms with Crippen LogP contribution in [0.25, 0.3) is 11.4 Å². The molecule has 3 N–H and O–H groups in total. The summed E-state index contributed by atoms with van der Waals surface area (Å²) in [6, 6.07) is 6.65. The van der Waals surface area contributed by atoms with Crippen LogP contribution in [0.15, 0.2) is 29.1 Å². The smallest absolute Gasteiger partial charge is 0.251 e. The number of H-pyrrole nitrogens is 1. The summed E-state index contributed by atoms with van der Waals surface area (Å²) in [7, 11) is 3.12. The van der Waals surface area contributed by atoms with Crippen LogP contribution in [0.1, 0.15) is 5.69 Å². The molecular formula is C13H15N3O3. The van der Waals surface area contributed by atoms with Crippen molar-refractivity contribution in [2.75, 3.05) is 14.2 Å². The minimum atomic E-state index is -0.247. The van der Waals surface area contributed by atoms with E-state index in [1.165, 1.54) is 6.07 Å². The molecule has 0 radical (unpaired) electrons. The Balaban J connectivity index is 2.57. The predicted molar refractivity (Wildman–Crippen MR) is 71.3 cm³/mol. The molecule has 19 heavy (non-hydrogen) atoms. The lowest BCUT2D eigenvalue weighted by molar-refractivity contribution is 0.395. The van der Waals surface area contributed by atoms with E-state index in [4.69, 9.17) is 15.2 Å². The molecule has 0 aliphatic heterocycles. The first-order valence-corrected chi connectivity index (χ1v) is 5.70. The number of nitrogens with one attached hydrogen (secondary N) is 1. The van der Waals surface area contributed by atoms with E-state index >= 15 is 0 Å². The highest BCUT2D eigenvalue weighted by molar-refractivity contribution is 5.65. The summed E-state index contributed by atoms with van der Waals surface area (Å²) in [4.78, 5) is 18.5. The van der Waals surface area contributed by atoms with Gasteiger partial charge < -0.3 is 20.2 Å². The van der Waals surface area contributed by atoms with Gasteiger partial charge in [0.1, 0.15) is 17.3 Å². The number of rotatable bonds is 4. The first-order valence-electron chi connectivity index (χ1n) is 5.70. The quantitative estimate of drug-likeness (QED) is 0.853. The second-order valence-electron chi connectivity index (χ2n) is 3.86. The second-order valence-corrected chi connectivity index (χ2v) is 3.86. The van der Waals surface area contributed by atoms with E-state index in [0.29, 0.717) is 28.6 Å². The fraction of sp³-hybridized carbons (Fsp3) is 0.231. The van der Waals surface area contributed by atoms with E-state index in [9.17, 15) is 4.79 Å². The summed E-state index contributed by atoms with van der Waals surface area (Å²) < 4.78 is 10.4. The van der Waals surface area contributed by atoms with Gasteiger partial charge in [0.2, 0.25) is 0 Å². The number of nitrogens with zero attached hydrogens (tertiary/aromatic N) is 1. The van der Waals surface area contributed by atoms with Crippen LogP contribution in [0, 0.1) is 0 Å². The van der Waals surface area contributed by atoms with Gasteiger partial charge in [-0.2, -0.15) is 0 Å². The lowest BCUT2D eigenvalue weighted by atomic mass is 10.1. The summed E-state index contributed by atoms with van der Waals surface area (Å²) in [5.41, 5.74) is 6.47. The van der Waals surface area contributed by atoms with Crippen molar-refractivity contribution in [2.24, 2.45) is 5.73 Å². The van der Waals surface area contributed by atoms with Crippen molar-refractivity contribution in [1.82, 2.24) is 9.97 Å². The van der Waals surface area contributed by atoms with Crippen molar-refractivity contribution < 1.29 is 9.47 Å². The minimum absolute atomic E-state index is 0.204. The summed E-state index contributed by atoms with van der Waals surface area (Å²) in [6.07, 6.45) is 0. The zero-order valence-corrected chi connectivity index (χ0v) is 10.8. The fourth-order valence-electron chi connectivity index (χ4n) is 1.73. The average Bonchev–Trinajstić information content (AvgIpc) is 2.45. The van der Waals surface area contributed by atoms with Gasteiger partial charge in [-0.05, 0) is 12.1 Å². The molecule has 2 rings (SSSR count). The van der Waals surface area contributed by atoms with Gasteiger partial charge >= 0.3 is 0 Å². The van der Waals surface area contributed by atoms with Crippen LogP contribution in [0.2, 0.25) is 0 Å². The maximum atomic E-state index is 11.5. The van der Waals surface area contributed by atoms with Crippen LogP contribution in [0.4, 0.5) is 0 Å². The molecule has 1 aromatic carbocycles. The molecule has 0 saturated heterocycles. The number of hydrogen-bond acceptors (Lipinski definition) is 5. The van der Waals surface area contributed by atoms with E-state index in [2.05, 4.69) is 9.97 Å². The topological polar surface area (TPSA) is 90.2 Å². The summed E-state index contributed by atoms with van der Waals surface area (Å²) in [5, 5.41) is 0. The number of aromatic amines is 1. The van der Waals surface area contributed by atoms with Crippen molar-refractivity contribution >= 4 is 0 Å². The molecule has 1 heterocycles. The summed E-state index contributed by atoms with van der Waals surface area (Å²) in [5.74, 6) is 1.65. The number of aromatic nitrogens is 2. The van der Waals surface area contributed by atoms with Crippen LogP contribution in [0.3, 0.4) is 0 Å². The van der Waals surface area contributed by atoms with Gasteiger partial charge in [-0.3, -0.25) is 4.79 Å². The van der Waals surface area contributed by atoms with E-state index in [-0.39, 0.29) is 12.1 Å². The fourth-order valence-corrected chi connectivity index (χ4v) is 1.73. The Morgan fingerprint density at radius 1 is 1.26 bits per heavy atom. The number of methoxy groups -OCH3 is 2. The van der Waals surface area contributed by atoms with E-state index in [1.54, 1.807) is 32.4 Å².